The molecule has 0 amide bonds. The van der Waals surface area contributed by atoms with Gasteiger partial charge in [-0.05, 0) is 35.4 Å². The minimum absolute atomic E-state index is 0.336. The fourth-order valence-electron chi connectivity index (χ4n) is 3.37. The zero-order valence-corrected chi connectivity index (χ0v) is 16.3. The average molecular weight is 422 g/mol. The smallest absolute Gasteiger partial charge is 0.203 e. The van der Waals surface area contributed by atoms with Crippen molar-refractivity contribution in [1.82, 2.24) is 9.13 Å². The van der Waals surface area contributed by atoms with Crippen LogP contribution in [0.2, 0.25) is 0 Å². The summed E-state index contributed by atoms with van der Waals surface area (Å²) in [6.45, 7) is 0.963. The van der Waals surface area contributed by atoms with E-state index in [4.69, 9.17) is 5.41 Å². The normalized spacial score (nSPS) is 12.4. The van der Waals surface area contributed by atoms with Crippen molar-refractivity contribution in [2.45, 2.75) is 19.2 Å². The van der Waals surface area contributed by atoms with Crippen LogP contribution >= 0.6 is 15.9 Å². The Morgan fingerprint density at radius 1 is 0.815 bits per heavy atom. The van der Waals surface area contributed by atoms with Gasteiger partial charge in [0.1, 0.15) is 0 Å². The number of rotatable bonds is 5. The SMILES string of the molecule is N=c1n(Cc2ccccc2)c2ccccc2n1C[C@H](O)c1ccc(Br)cc1. The molecule has 0 saturated heterocycles. The van der Waals surface area contributed by atoms with Crippen LogP contribution in [0.5, 0.6) is 0 Å². The first-order valence-electron chi connectivity index (χ1n) is 8.83. The van der Waals surface area contributed by atoms with Gasteiger partial charge in [-0.3, -0.25) is 5.41 Å². The number of hydrogen-bond donors (Lipinski definition) is 2. The molecular formula is C22H20BrN3O. The third-order valence-corrected chi connectivity index (χ3v) is 5.30. The quantitative estimate of drug-likeness (QED) is 0.490. The van der Waals surface area contributed by atoms with Gasteiger partial charge in [-0.1, -0.05) is 70.5 Å². The van der Waals surface area contributed by atoms with Gasteiger partial charge in [0.15, 0.2) is 0 Å². The van der Waals surface area contributed by atoms with Gasteiger partial charge in [0.2, 0.25) is 5.62 Å². The molecule has 27 heavy (non-hydrogen) atoms. The Balaban J connectivity index is 1.73. The van der Waals surface area contributed by atoms with Crippen LogP contribution in [0.1, 0.15) is 17.2 Å². The molecule has 0 aliphatic rings. The molecule has 0 fully saturated rings. The van der Waals surface area contributed by atoms with E-state index < -0.39 is 6.10 Å². The van der Waals surface area contributed by atoms with Crippen LogP contribution in [-0.4, -0.2) is 14.2 Å². The highest BCUT2D eigenvalue weighted by molar-refractivity contribution is 9.10. The molecule has 0 bridgehead atoms. The van der Waals surface area contributed by atoms with Crippen molar-refractivity contribution in [2.75, 3.05) is 0 Å². The maximum atomic E-state index is 10.7. The molecular weight excluding hydrogens is 402 g/mol. The van der Waals surface area contributed by atoms with E-state index >= 15 is 0 Å². The van der Waals surface area contributed by atoms with Crippen LogP contribution in [0.4, 0.5) is 0 Å². The topological polar surface area (TPSA) is 53.9 Å². The fourth-order valence-corrected chi connectivity index (χ4v) is 3.63. The lowest BCUT2D eigenvalue weighted by molar-refractivity contribution is 0.155. The molecule has 1 aromatic heterocycles. The summed E-state index contributed by atoms with van der Waals surface area (Å²) in [4.78, 5) is 0. The molecule has 0 aliphatic heterocycles. The summed E-state index contributed by atoms with van der Waals surface area (Å²) >= 11 is 3.42. The van der Waals surface area contributed by atoms with E-state index in [-0.39, 0.29) is 0 Å². The molecule has 0 saturated carbocycles. The molecule has 4 rings (SSSR count). The van der Waals surface area contributed by atoms with Crippen LogP contribution in [-0.2, 0) is 13.1 Å². The van der Waals surface area contributed by atoms with E-state index in [1.54, 1.807) is 0 Å². The number of benzene rings is 3. The standard InChI is InChI=1S/C22H20BrN3O/c23-18-12-10-17(11-13-18)21(27)15-26-20-9-5-4-8-19(20)25(22(26)24)14-16-6-2-1-3-7-16/h1-13,21,24,27H,14-15H2/t21-/m0/s1. The van der Waals surface area contributed by atoms with Gasteiger partial charge in [-0.2, -0.15) is 0 Å². The molecule has 0 unspecified atom stereocenters. The molecule has 4 aromatic rings. The second-order valence-electron chi connectivity index (χ2n) is 6.56. The molecule has 5 heteroatoms. The van der Waals surface area contributed by atoms with Crippen LogP contribution < -0.4 is 5.62 Å². The molecule has 1 heterocycles. The Labute approximate surface area is 166 Å². The molecule has 0 aliphatic carbocycles. The molecule has 136 valence electrons. The summed E-state index contributed by atoms with van der Waals surface area (Å²) in [5, 5.41) is 19.4. The highest BCUT2D eigenvalue weighted by Gasteiger charge is 2.15. The minimum Gasteiger partial charge on any atom is -0.387 e. The van der Waals surface area contributed by atoms with Gasteiger partial charge in [0.25, 0.3) is 0 Å². The Morgan fingerprint density at radius 2 is 1.41 bits per heavy atom. The summed E-state index contributed by atoms with van der Waals surface area (Å²) in [5.41, 5.74) is 4.32. The molecule has 3 aromatic carbocycles. The van der Waals surface area contributed by atoms with E-state index in [9.17, 15) is 5.11 Å². The van der Waals surface area contributed by atoms with E-state index in [2.05, 4.69) is 28.1 Å². The van der Waals surface area contributed by atoms with Crippen LogP contribution in [0, 0.1) is 5.41 Å². The molecule has 0 radical (unpaired) electrons. The number of para-hydroxylation sites is 2. The van der Waals surface area contributed by atoms with Crippen molar-refractivity contribution in [3.05, 3.63) is 100 Å². The number of aliphatic hydroxyl groups is 1. The summed E-state index contributed by atoms with van der Waals surface area (Å²) in [5.74, 6) is 0. The van der Waals surface area contributed by atoms with Crippen molar-refractivity contribution < 1.29 is 5.11 Å². The molecule has 0 spiro atoms. The monoisotopic (exact) mass is 421 g/mol. The maximum Gasteiger partial charge on any atom is 0.203 e. The highest BCUT2D eigenvalue weighted by Crippen LogP contribution is 2.21. The van der Waals surface area contributed by atoms with Crippen molar-refractivity contribution in [3.63, 3.8) is 0 Å². The summed E-state index contributed by atoms with van der Waals surface area (Å²) < 4.78 is 4.84. The number of fused-ring (bicyclic) bond motifs is 1. The van der Waals surface area contributed by atoms with Crippen LogP contribution in [0.25, 0.3) is 11.0 Å². The highest BCUT2D eigenvalue weighted by atomic mass is 79.9. The third kappa shape index (κ3) is 3.61. The number of nitrogens with zero attached hydrogens (tertiary/aromatic N) is 2. The van der Waals surface area contributed by atoms with Gasteiger partial charge in [0.05, 0.1) is 30.2 Å². The second kappa shape index (κ2) is 7.55. The summed E-state index contributed by atoms with van der Waals surface area (Å²) in [7, 11) is 0. The van der Waals surface area contributed by atoms with Crippen molar-refractivity contribution in [1.29, 1.82) is 5.41 Å². The zero-order valence-electron chi connectivity index (χ0n) is 14.7. The Hall–Kier alpha value is -2.63. The lowest BCUT2D eigenvalue weighted by Crippen LogP contribution is -2.27. The number of imidazole rings is 1. The van der Waals surface area contributed by atoms with Crippen molar-refractivity contribution in [3.8, 4) is 0 Å². The van der Waals surface area contributed by atoms with E-state index in [0.29, 0.717) is 18.7 Å². The predicted molar refractivity (Wildman–Crippen MR) is 110 cm³/mol. The first kappa shape index (κ1) is 17.8. The number of aromatic nitrogens is 2. The number of aliphatic hydroxyl groups excluding tert-OH is 1. The van der Waals surface area contributed by atoms with Gasteiger partial charge in [0, 0.05) is 4.47 Å². The maximum absolute atomic E-state index is 10.7. The third-order valence-electron chi connectivity index (χ3n) is 4.77. The fraction of sp³-hybridized carbons (Fsp3) is 0.136. The summed E-state index contributed by atoms with van der Waals surface area (Å²) in [6, 6.07) is 25.8. The lowest BCUT2D eigenvalue weighted by atomic mass is 10.1. The zero-order chi connectivity index (χ0) is 18.8. The van der Waals surface area contributed by atoms with E-state index in [0.717, 1.165) is 26.6 Å². The molecule has 2 N–H and O–H groups in total. The molecule has 4 nitrogen and oxygen atoms in total. The van der Waals surface area contributed by atoms with Crippen LogP contribution in [0.15, 0.2) is 83.3 Å². The van der Waals surface area contributed by atoms with Gasteiger partial charge >= 0.3 is 0 Å². The van der Waals surface area contributed by atoms with Crippen molar-refractivity contribution in [2.24, 2.45) is 0 Å². The van der Waals surface area contributed by atoms with Crippen LogP contribution in [0.3, 0.4) is 0 Å². The first-order valence-corrected chi connectivity index (χ1v) is 9.63. The predicted octanol–water partition coefficient (Wildman–Crippen LogP) is 4.47. The van der Waals surface area contributed by atoms with Gasteiger partial charge in [-0.15, -0.1) is 0 Å². The minimum atomic E-state index is -0.678. The number of hydrogen-bond acceptors (Lipinski definition) is 2. The summed E-state index contributed by atoms with van der Waals surface area (Å²) in [6.07, 6.45) is -0.678. The number of halogens is 1. The van der Waals surface area contributed by atoms with E-state index in [1.807, 2.05) is 75.9 Å². The Kier molecular flexibility index (Phi) is 4.97. The first-order chi connectivity index (χ1) is 13.1. The Bertz CT molecular complexity index is 1110. The van der Waals surface area contributed by atoms with E-state index in [1.165, 1.54) is 0 Å². The van der Waals surface area contributed by atoms with Gasteiger partial charge < -0.3 is 14.2 Å². The largest absolute Gasteiger partial charge is 0.387 e. The van der Waals surface area contributed by atoms with Gasteiger partial charge in [-0.25, -0.2) is 0 Å². The lowest BCUT2D eigenvalue weighted by Gasteiger charge is -2.13. The second-order valence-corrected chi connectivity index (χ2v) is 7.48. The van der Waals surface area contributed by atoms with Crippen molar-refractivity contribution >= 4 is 27.0 Å². The molecule has 1 atom stereocenters. The average Bonchev–Trinajstić information content (AvgIpc) is 2.95. The Morgan fingerprint density at radius 3 is 2.07 bits per heavy atom. The number of nitrogens with one attached hydrogen (secondary N) is 1.